The molecule has 42 valence electrons. The Balaban J connectivity index is 0. The molecule has 0 amide bonds. The number of thiocarbonyl (C=S) groups is 1. The van der Waals surface area contributed by atoms with E-state index in [0.29, 0.717) is 0 Å². The standard InChI is InChI=1S/C5H10OS.Na/c1-3-4(2)5(6)7;/h4H,3H2,1-2H3,(H,6,7);/q;+1/p-1. The van der Waals surface area contributed by atoms with Crippen LogP contribution in [0, 0.1) is 5.92 Å². The second-order valence-electron chi connectivity index (χ2n) is 1.63. The maximum Gasteiger partial charge on any atom is 1.00 e. The van der Waals surface area contributed by atoms with E-state index in [2.05, 4.69) is 12.2 Å². The Bertz CT molecular complexity index is 74.8. The Morgan fingerprint density at radius 3 is 2.12 bits per heavy atom. The Morgan fingerprint density at radius 1 is 1.75 bits per heavy atom. The van der Waals surface area contributed by atoms with E-state index in [0.717, 1.165) is 6.42 Å². The quantitative estimate of drug-likeness (QED) is 0.319. The van der Waals surface area contributed by atoms with E-state index in [1.807, 2.05) is 13.8 Å². The molecule has 1 unspecified atom stereocenters. The van der Waals surface area contributed by atoms with Crippen LogP contribution in [0.1, 0.15) is 20.3 Å². The third kappa shape index (κ3) is 5.04. The van der Waals surface area contributed by atoms with Gasteiger partial charge in [0.1, 0.15) is 0 Å². The second kappa shape index (κ2) is 6.02. The van der Waals surface area contributed by atoms with Gasteiger partial charge in [0.2, 0.25) is 0 Å². The van der Waals surface area contributed by atoms with Crippen molar-refractivity contribution < 1.29 is 34.7 Å². The molecule has 0 spiro atoms. The van der Waals surface area contributed by atoms with Gasteiger partial charge in [-0.15, -0.1) is 12.2 Å². The van der Waals surface area contributed by atoms with Gasteiger partial charge in [-0.05, 0) is 12.3 Å². The molecule has 0 radical (unpaired) electrons. The number of rotatable bonds is 2. The molecule has 3 heteroatoms. The first-order valence-electron chi connectivity index (χ1n) is 2.39. The number of hydrogen-bond donors (Lipinski definition) is 0. The molecule has 0 aliphatic heterocycles. The van der Waals surface area contributed by atoms with E-state index in [-0.39, 0.29) is 40.5 Å². The van der Waals surface area contributed by atoms with Gasteiger partial charge in [-0.2, -0.15) is 0 Å². The molecule has 0 N–H and O–H groups in total. The molecule has 0 aliphatic rings. The third-order valence-electron chi connectivity index (χ3n) is 1.01. The minimum Gasteiger partial charge on any atom is -0.867 e. The molecular weight excluding hydrogens is 131 g/mol. The Hall–Kier alpha value is 0.890. The monoisotopic (exact) mass is 140 g/mol. The van der Waals surface area contributed by atoms with Gasteiger partial charge < -0.3 is 5.11 Å². The van der Waals surface area contributed by atoms with Crippen molar-refractivity contribution in [1.29, 1.82) is 0 Å². The van der Waals surface area contributed by atoms with E-state index < -0.39 is 0 Å². The van der Waals surface area contributed by atoms with Gasteiger partial charge >= 0.3 is 29.6 Å². The average molecular weight is 140 g/mol. The summed E-state index contributed by atoms with van der Waals surface area (Å²) in [6.07, 6.45) is 0.863. The summed E-state index contributed by atoms with van der Waals surface area (Å²) in [7, 11) is 0. The van der Waals surface area contributed by atoms with E-state index in [1.165, 1.54) is 0 Å². The molecule has 0 aromatic carbocycles. The van der Waals surface area contributed by atoms with Crippen LogP contribution >= 0.6 is 12.2 Å². The van der Waals surface area contributed by atoms with Gasteiger partial charge in [-0.25, -0.2) is 0 Å². The fourth-order valence-corrected chi connectivity index (χ4v) is 0.333. The van der Waals surface area contributed by atoms with Crippen LogP contribution in [0.2, 0.25) is 0 Å². The fraction of sp³-hybridized carbons (Fsp3) is 0.800. The summed E-state index contributed by atoms with van der Waals surface area (Å²) in [6, 6.07) is 0. The van der Waals surface area contributed by atoms with Gasteiger partial charge in [0.25, 0.3) is 0 Å². The Morgan fingerprint density at radius 2 is 2.12 bits per heavy atom. The largest absolute Gasteiger partial charge is 1.00 e. The van der Waals surface area contributed by atoms with E-state index in [4.69, 9.17) is 0 Å². The van der Waals surface area contributed by atoms with Crippen molar-refractivity contribution in [2.24, 2.45) is 5.92 Å². The van der Waals surface area contributed by atoms with Crippen LogP contribution in [0.5, 0.6) is 0 Å². The van der Waals surface area contributed by atoms with Gasteiger partial charge in [-0.3, -0.25) is 0 Å². The van der Waals surface area contributed by atoms with E-state index in [1.54, 1.807) is 0 Å². The molecular formula is C5H9NaOS. The van der Waals surface area contributed by atoms with Gasteiger partial charge in [0.05, 0.1) is 0 Å². The van der Waals surface area contributed by atoms with E-state index in [9.17, 15) is 5.11 Å². The molecule has 0 heterocycles. The first kappa shape index (κ1) is 11.7. The van der Waals surface area contributed by atoms with Crippen molar-refractivity contribution in [2.75, 3.05) is 0 Å². The summed E-state index contributed by atoms with van der Waals surface area (Å²) in [5.41, 5.74) is 0. The third-order valence-corrected chi connectivity index (χ3v) is 1.42. The predicted octanol–water partition coefficient (Wildman–Crippen LogP) is -2.28. The maximum atomic E-state index is 10.2. The van der Waals surface area contributed by atoms with Crippen LogP contribution < -0.4 is 34.7 Å². The minimum absolute atomic E-state index is 0. The van der Waals surface area contributed by atoms with Crippen molar-refractivity contribution in [1.82, 2.24) is 0 Å². The van der Waals surface area contributed by atoms with Crippen LogP contribution in [0.25, 0.3) is 0 Å². The summed E-state index contributed by atoms with van der Waals surface area (Å²) >= 11 is 4.36. The molecule has 0 bridgehead atoms. The zero-order valence-corrected chi connectivity index (χ0v) is 8.42. The summed E-state index contributed by atoms with van der Waals surface area (Å²) in [5, 5.41) is 10.1. The molecule has 0 fully saturated rings. The number of hydrogen-bond acceptors (Lipinski definition) is 2. The fourth-order valence-electron chi connectivity index (χ4n) is 0.167. The van der Waals surface area contributed by atoms with Crippen LogP contribution in [0.4, 0.5) is 0 Å². The average Bonchev–Trinajstić information content (AvgIpc) is 1.65. The van der Waals surface area contributed by atoms with Gasteiger partial charge in [-0.1, -0.05) is 18.9 Å². The molecule has 0 aromatic heterocycles. The SMILES string of the molecule is CCC(C)C([O-])=S.[Na+]. The first-order chi connectivity index (χ1) is 3.18. The topological polar surface area (TPSA) is 23.1 Å². The predicted molar refractivity (Wildman–Crippen MR) is 32.1 cm³/mol. The second-order valence-corrected chi connectivity index (χ2v) is 2.03. The first-order valence-corrected chi connectivity index (χ1v) is 2.80. The normalized spacial score (nSPS) is 11.8. The Labute approximate surface area is 77.8 Å². The van der Waals surface area contributed by atoms with Crippen LogP contribution in [0.15, 0.2) is 0 Å². The molecule has 0 saturated heterocycles. The molecule has 0 aromatic rings. The Kier molecular flexibility index (Phi) is 8.77. The zero-order chi connectivity index (χ0) is 5.86. The van der Waals surface area contributed by atoms with E-state index >= 15 is 0 Å². The zero-order valence-electron chi connectivity index (χ0n) is 5.60. The van der Waals surface area contributed by atoms with Crippen molar-refractivity contribution in [2.45, 2.75) is 20.3 Å². The summed E-state index contributed by atoms with van der Waals surface area (Å²) in [4.78, 5) is 0. The molecule has 1 nitrogen and oxygen atoms in total. The van der Waals surface area contributed by atoms with Gasteiger partial charge in [0, 0.05) is 0 Å². The molecule has 1 atom stereocenters. The van der Waals surface area contributed by atoms with Crippen LogP contribution in [-0.4, -0.2) is 5.05 Å². The van der Waals surface area contributed by atoms with Gasteiger partial charge in [0.15, 0.2) is 0 Å². The molecule has 0 rings (SSSR count). The molecule has 8 heavy (non-hydrogen) atoms. The van der Waals surface area contributed by atoms with Crippen molar-refractivity contribution in [3.63, 3.8) is 0 Å². The summed E-state index contributed by atoms with van der Waals surface area (Å²) < 4.78 is 0. The van der Waals surface area contributed by atoms with Crippen molar-refractivity contribution >= 4 is 17.3 Å². The van der Waals surface area contributed by atoms with Crippen molar-refractivity contribution in [3.8, 4) is 0 Å². The summed E-state index contributed by atoms with van der Waals surface area (Å²) in [5.74, 6) is 0.0787. The summed E-state index contributed by atoms with van der Waals surface area (Å²) in [6.45, 7) is 3.80. The van der Waals surface area contributed by atoms with Crippen LogP contribution in [0.3, 0.4) is 0 Å². The smallest absolute Gasteiger partial charge is 0.867 e. The minimum atomic E-state index is -0.123. The van der Waals surface area contributed by atoms with Crippen molar-refractivity contribution in [3.05, 3.63) is 0 Å². The maximum absolute atomic E-state index is 10.2. The van der Waals surface area contributed by atoms with Crippen LogP contribution in [-0.2, 0) is 0 Å². The molecule has 0 aliphatic carbocycles. The molecule has 0 saturated carbocycles.